The van der Waals surface area contributed by atoms with Gasteiger partial charge in [-0.2, -0.15) is 0 Å². The van der Waals surface area contributed by atoms with E-state index in [-0.39, 0.29) is 23.6 Å². The molecule has 0 aromatic heterocycles. The summed E-state index contributed by atoms with van der Waals surface area (Å²) < 4.78 is 10.5. The fourth-order valence-electron chi connectivity index (χ4n) is 2.79. The lowest BCUT2D eigenvalue weighted by molar-refractivity contribution is -0.385. The highest BCUT2D eigenvalue weighted by atomic mass is 16.6. The van der Waals surface area contributed by atoms with E-state index in [1.807, 2.05) is 0 Å². The molecular weight excluding hydrogens is 274 g/mol. The first kappa shape index (κ1) is 15.5. The number of piperidine rings is 1. The van der Waals surface area contributed by atoms with E-state index in [9.17, 15) is 10.1 Å². The average Bonchev–Trinajstić information content (AvgIpc) is 2.53. The molecule has 0 spiro atoms. The number of nitro groups is 1. The van der Waals surface area contributed by atoms with Crippen LogP contribution in [0.4, 0.5) is 11.4 Å². The number of ether oxygens (including phenoxy) is 2. The molecule has 1 fully saturated rings. The molecule has 1 aliphatic heterocycles. The van der Waals surface area contributed by atoms with Crippen LogP contribution in [0.15, 0.2) is 18.2 Å². The van der Waals surface area contributed by atoms with Gasteiger partial charge in [0.15, 0.2) is 5.75 Å². The highest BCUT2D eigenvalue weighted by Gasteiger charge is 2.28. The van der Waals surface area contributed by atoms with Crippen LogP contribution in [0.2, 0.25) is 0 Å². The number of nitrogens with zero attached hydrogens (tertiary/aromatic N) is 2. The third kappa shape index (κ3) is 3.25. The third-order valence-corrected chi connectivity index (χ3v) is 3.96. The lowest BCUT2D eigenvalue weighted by Crippen LogP contribution is -2.48. The molecule has 0 bridgehead atoms. The molecule has 2 N–H and O–H groups in total. The summed E-state index contributed by atoms with van der Waals surface area (Å²) in [7, 11) is 3.15. The van der Waals surface area contributed by atoms with Crippen molar-refractivity contribution in [2.45, 2.75) is 25.0 Å². The molecule has 1 saturated heterocycles. The van der Waals surface area contributed by atoms with Crippen molar-refractivity contribution in [1.29, 1.82) is 0 Å². The maximum atomic E-state index is 10.9. The van der Waals surface area contributed by atoms with Gasteiger partial charge in [-0.1, -0.05) is 0 Å². The number of benzene rings is 1. The number of anilines is 1. The van der Waals surface area contributed by atoms with E-state index in [2.05, 4.69) is 4.90 Å². The third-order valence-electron chi connectivity index (χ3n) is 3.96. The second kappa shape index (κ2) is 6.73. The maximum absolute atomic E-state index is 10.9. The van der Waals surface area contributed by atoms with E-state index in [4.69, 9.17) is 15.2 Å². The van der Waals surface area contributed by atoms with Crippen molar-refractivity contribution in [1.82, 2.24) is 0 Å². The summed E-state index contributed by atoms with van der Waals surface area (Å²) in [6.45, 7) is 1.32. The van der Waals surface area contributed by atoms with Gasteiger partial charge in [-0.15, -0.1) is 0 Å². The number of rotatable bonds is 5. The van der Waals surface area contributed by atoms with E-state index in [1.54, 1.807) is 19.2 Å². The zero-order valence-electron chi connectivity index (χ0n) is 12.3. The van der Waals surface area contributed by atoms with Crippen LogP contribution >= 0.6 is 0 Å². The molecule has 0 radical (unpaired) electrons. The number of nitro benzene ring substituents is 1. The van der Waals surface area contributed by atoms with Gasteiger partial charge < -0.3 is 20.1 Å². The van der Waals surface area contributed by atoms with E-state index < -0.39 is 4.92 Å². The summed E-state index contributed by atoms with van der Waals surface area (Å²) in [4.78, 5) is 12.7. The van der Waals surface area contributed by atoms with Crippen LogP contribution in [0.25, 0.3) is 0 Å². The molecule has 1 aromatic rings. The van der Waals surface area contributed by atoms with E-state index in [0.717, 1.165) is 25.1 Å². The molecule has 2 atom stereocenters. The molecule has 7 nitrogen and oxygen atoms in total. The number of hydrogen-bond donors (Lipinski definition) is 1. The Bertz CT molecular complexity index is 509. The molecule has 0 aliphatic carbocycles. The SMILES string of the molecule is COc1cc(N2CCC(OC)CC2CN)ccc1[N+](=O)[O-]. The standard InChI is InChI=1S/C14H21N3O4/c1-20-12-5-6-16(11(7-12)9-15)10-3-4-13(17(18)19)14(8-10)21-2/h3-4,8,11-12H,5-7,9,15H2,1-2H3. The molecule has 2 unspecified atom stereocenters. The number of hydrogen-bond acceptors (Lipinski definition) is 6. The molecule has 116 valence electrons. The van der Waals surface area contributed by atoms with Crippen molar-refractivity contribution in [2.24, 2.45) is 5.73 Å². The summed E-state index contributed by atoms with van der Waals surface area (Å²) in [5, 5.41) is 10.9. The van der Waals surface area contributed by atoms with E-state index >= 15 is 0 Å². The molecule has 0 saturated carbocycles. The molecule has 1 aromatic carbocycles. The predicted molar refractivity (Wildman–Crippen MR) is 79.9 cm³/mol. The van der Waals surface area contributed by atoms with E-state index in [0.29, 0.717) is 6.54 Å². The lowest BCUT2D eigenvalue weighted by Gasteiger charge is -2.40. The van der Waals surface area contributed by atoms with Crippen LogP contribution in [0.1, 0.15) is 12.8 Å². The Kier molecular flexibility index (Phi) is 4.98. The minimum absolute atomic E-state index is 0.0303. The second-order valence-corrected chi connectivity index (χ2v) is 5.08. The van der Waals surface area contributed by atoms with Crippen molar-refractivity contribution >= 4 is 11.4 Å². The largest absolute Gasteiger partial charge is 0.490 e. The molecule has 2 rings (SSSR count). The smallest absolute Gasteiger partial charge is 0.311 e. The van der Waals surface area contributed by atoms with Gasteiger partial charge in [0.1, 0.15) is 0 Å². The van der Waals surface area contributed by atoms with E-state index in [1.165, 1.54) is 13.2 Å². The van der Waals surface area contributed by atoms with Gasteiger partial charge in [0.05, 0.1) is 18.1 Å². The molecule has 0 amide bonds. The monoisotopic (exact) mass is 295 g/mol. The zero-order chi connectivity index (χ0) is 15.4. The van der Waals surface area contributed by atoms with Gasteiger partial charge in [-0.05, 0) is 18.9 Å². The summed E-state index contributed by atoms with van der Waals surface area (Å²) in [6, 6.07) is 5.09. The molecule has 1 aliphatic rings. The molecular formula is C14H21N3O4. The van der Waals surface area contributed by atoms with Crippen molar-refractivity contribution in [3.05, 3.63) is 28.3 Å². The summed E-state index contributed by atoms with van der Waals surface area (Å²) >= 11 is 0. The molecule has 7 heteroatoms. The fourth-order valence-corrected chi connectivity index (χ4v) is 2.79. The van der Waals surface area contributed by atoms with Crippen molar-refractivity contribution in [2.75, 3.05) is 32.2 Å². The van der Waals surface area contributed by atoms with Gasteiger partial charge in [0.2, 0.25) is 0 Å². The highest BCUT2D eigenvalue weighted by Crippen LogP contribution is 2.34. The van der Waals surface area contributed by atoms with Gasteiger partial charge >= 0.3 is 5.69 Å². The maximum Gasteiger partial charge on any atom is 0.311 e. The molecule has 1 heterocycles. The second-order valence-electron chi connectivity index (χ2n) is 5.08. The van der Waals surface area contributed by atoms with Crippen LogP contribution in [-0.2, 0) is 4.74 Å². The minimum atomic E-state index is -0.444. The van der Waals surface area contributed by atoms with Crippen molar-refractivity contribution < 1.29 is 14.4 Å². The molecule has 21 heavy (non-hydrogen) atoms. The topological polar surface area (TPSA) is 90.9 Å². The minimum Gasteiger partial charge on any atom is -0.490 e. The zero-order valence-corrected chi connectivity index (χ0v) is 12.3. The Balaban J connectivity index is 2.26. The van der Waals surface area contributed by atoms with Gasteiger partial charge in [-0.25, -0.2) is 0 Å². The summed E-state index contributed by atoms with van der Waals surface area (Å²) in [6.07, 6.45) is 1.98. The van der Waals surface area contributed by atoms with Crippen molar-refractivity contribution in [3.8, 4) is 5.75 Å². The fraction of sp³-hybridized carbons (Fsp3) is 0.571. The Morgan fingerprint density at radius 1 is 1.48 bits per heavy atom. The normalized spacial score (nSPS) is 22.1. The van der Waals surface area contributed by atoms with Gasteiger partial charge in [0, 0.05) is 44.1 Å². The van der Waals surface area contributed by atoms with Crippen LogP contribution in [-0.4, -0.2) is 44.4 Å². The lowest BCUT2D eigenvalue weighted by atomic mass is 9.98. The van der Waals surface area contributed by atoms with Gasteiger partial charge in [-0.3, -0.25) is 10.1 Å². The Labute approximate surface area is 123 Å². The van der Waals surface area contributed by atoms with Crippen LogP contribution < -0.4 is 15.4 Å². The predicted octanol–water partition coefficient (Wildman–Crippen LogP) is 1.55. The summed E-state index contributed by atoms with van der Waals surface area (Å²) in [5.41, 5.74) is 6.72. The average molecular weight is 295 g/mol. The number of methoxy groups -OCH3 is 2. The van der Waals surface area contributed by atoms with Gasteiger partial charge in [0.25, 0.3) is 0 Å². The summed E-state index contributed by atoms with van der Waals surface area (Å²) in [5.74, 6) is 0.266. The van der Waals surface area contributed by atoms with Crippen LogP contribution in [0.3, 0.4) is 0 Å². The Morgan fingerprint density at radius 2 is 2.24 bits per heavy atom. The quantitative estimate of drug-likeness (QED) is 0.654. The Morgan fingerprint density at radius 3 is 2.81 bits per heavy atom. The first-order valence-corrected chi connectivity index (χ1v) is 6.92. The first-order chi connectivity index (χ1) is 10.1. The highest BCUT2D eigenvalue weighted by molar-refractivity contribution is 5.60. The number of nitrogens with two attached hydrogens (primary N) is 1. The van der Waals surface area contributed by atoms with Crippen molar-refractivity contribution in [3.63, 3.8) is 0 Å². The van der Waals surface area contributed by atoms with Crippen LogP contribution in [0, 0.1) is 10.1 Å². The van der Waals surface area contributed by atoms with Crippen LogP contribution in [0.5, 0.6) is 5.75 Å². The Hall–Kier alpha value is -1.86. The first-order valence-electron chi connectivity index (χ1n) is 6.92.